The van der Waals surface area contributed by atoms with Gasteiger partial charge in [0, 0.05) is 25.7 Å². The molecule has 1 aliphatic rings. The van der Waals surface area contributed by atoms with Crippen LogP contribution in [0.2, 0.25) is 0 Å². The van der Waals surface area contributed by atoms with Gasteiger partial charge >= 0.3 is 5.97 Å². The zero-order valence-corrected chi connectivity index (χ0v) is 11.4. The van der Waals surface area contributed by atoms with Gasteiger partial charge in [0.1, 0.15) is 5.76 Å². The van der Waals surface area contributed by atoms with E-state index < -0.39 is 0 Å². The van der Waals surface area contributed by atoms with Crippen molar-refractivity contribution in [3.63, 3.8) is 0 Å². The molecule has 1 fully saturated rings. The number of ether oxygens (including phenoxy) is 1. The van der Waals surface area contributed by atoms with Gasteiger partial charge < -0.3 is 9.84 Å². The zero-order valence-electron chi connectivity index (χ0n) is 11.4. The minimum atomic E-state index is -0.300. The highest BCUT2D eigenvalue weighted by molar-refractivity contribution is 6.22. The van der Waals surface area contributed by atoms with E-state index in [1.165, 1.54) is 7.11 Å². The van der Waals surface area contributed by atoms with Gasteiger partial charge in [-0.3, -0.25) is 14.4 Å². The fraction of sp³-hybridized carbons (Fsp3) is 0.643. The molecule has 0 heterocycles. The molecule has 5 heteroatoms. The van der Waals surface area contributed by atoms with E-state index in [0.29, 0.717) is 25.7 Å². The Bertz CT molecular complexity index is 388. The van der Waals surface area contributed by atoms with E-state index in [0.717, 1.165) is 0 Å². The number of carbonyl (C=O) groups excluding carboxylic acids is 3. The molecular weight excluding hydrogens is 248 g/mol. The Labute approximate surface area is 112 Å². The third kappa shape index (κ3) is 4.50. The minimum absolute atomic E-state index is 0.0313. The maximum atomic E-state index is 11.7. The lowest BCUT2D eigenvalue weighted by molar-refractivity contribution is -0.140. The van der Waals surface area contributed by atoms with E-state index in [4.69, 9.17) is 0 Å². The summed E-state index contributed by atoms with van der Waals surface area (Å²) < 4.78 is 4.50. The second kappa shape index (κ2) is 7.07. The van der Waals surface area contributed by atoms with Gasteiger partial charge in [-0.2, -0.15) is 0 Å². The molecule has 1 rings (SSSR count). The van der Waals surface area contributed by atoms with Crippen molar-refractivity contribution in [2.45, 2.75) is 45.4 Å². The summed E-state index contributed by atoms with van der Waals surface area (Å²) in [6, 6.07) is 0. The molecule has 0 saturated heterocycles. The van der Waals surface area contributed by atoms with Gasteiger partial charge in [0.2, 0.25) is 0 Å². The number of hydrogen-bond donors (Lipinski definition) is 1. The number of carbonyl (C=O) groups is 3. The SMILES string of the molecule is COC(=O)CCCCC(O)=C1C(=O)CC(C)CC1=O. The Balaban J connectivity index is 2.52. The second-order valence-electron chi connectivity index (χ2n) is 4.96. The Morgan fingerprint density at radius 2 is 1.74 bits per heavy atom. The molecule has 0 aromatic heterocycles. The number of ketones is 2. The van der Waals surface area contributed by atoms with E-state index in [2.05, 4.69) is 4.74 Å². The average molecular weight is 268 g/mol. The van der Waals surface area contributed by atoms with Crippen molar-refractivity contribution in [2.75, 3.05) is 7.11 Å². The van der Waals surface area contributed by atoms with E-state index in [9.17, 15) is 19.5 Å². The van der Waals surface area contributed by atoms with Gasteiger partial charge in [0.25, 0.3) is 0 Å². The standard InChI is InChI=1S/C14H20O5/c1-9-7-11(16)14(12(17)8-9)10(15)5-3-4-6-13(18)19-2/h9,15H,3-8H2,1-2H3. The van der Waals surface area contributed by atoms with Crippen LogP contribution in [0.1, 0.15) is 45.4 Å². The third-order valence-corrected chi connectivity index (χ3v) is 3.19. The lowest BCUT2D eigenvalue weighted by Gasteiger charge is -2.19. The molecular formula is C14H20O5. The lowest BCUT2D eigenvalue weighted by atomic mass is 9.84. The first-order chi connectivity index (χ1) is 8.95. The number of aliphatic hydroxyl groups excluding tert-OH is 1. The number of unbranched alkanes of at least 4 members (excludes halogenated alkanes) is 1. The predicted octanol–water partition coefficient (Wildman–Crippen LogP) is 2.10. The number of Topliss-reactive ketones (excluding diaryl/α,β-unsaturated/α-hetero) is 2. The highest BCUT2D eigenvalue weighted by atomic mass is 16.5. The minimum Gasteiger partial charge on any atom is -0.511 e. The Morgan fingerprint density at radius 3 is 2.26 bits per heavy atom. The van der Waals surface area contributed by atoms with Crippen molar-refractivity contribution in [1.82, 2.24) is 0 Å². The van der Waals surface area contributed by atoms with E-state index >= 15 is 0 Å². The van der Waals surface area contributed by atoms with Gasteiger partial charge in [-0.05, 0) is 18.8 Å². The molecule has 1 aliphatic carbocycles. The summed E-state index contributed by atoms with van der Waals surface area (Å²) in [5, 5.41) is 9.85. The first-order valence-electron chi connectivity index (χ1n) is 6.51. The summed E-state index contributed by atoms with van der Waals surface area (Å²) in [4.78, 5) is 34.4. The molecule has 0 radical (unpaired) electrons. The zero-order chi connectivity index (χ0) is 14.4. The molecule has 0 aliphatic heterocycles. The average Bonchev–Trinajstić information content (AvgIpc) is 2.33. The fourth-order valence-corrected chi connectivity index (χ4v) is 2.18. The van der Waals surface area contributed by atoms with Crippen molar-refractivity contribution in [2.24, 2.45) is 5.92 Å². The van der Waals surface area contributed by atoms with Crippen LogP contribution >= 0.6 is 0 Å². The van der Waals surface area contributed by atoms with Crippen LogP contribution in [0.5, 0.6) is 0 Å². The van der Waals surface area contributed by atoms with Crippen molar-refractivity contribution < 1.29 is 24.2 Å². The smallest absolute Gasteiger partial charge is 0.305 e. The summed E-state index contributed by atoms with van der Waals surface area (Å²) in [6.45, 7) is 1.85. The summed E-state index contributed by atoms with van der Waals surface area (Å²) >= 11 is 0. The predicted molar refractivity (Wildman–Crippen MR) is 68.6 cm³/mol. The lowest BCUT2D eigenvalue weighted by Crippen LogP contribution is -2.25. The quantitative estimate of drug-likeness (QED) is 0.271. The van der Waals surface area contributed by atoms with Crippen LogP contribution in [0.25, 0.3) is 0 Å². The maximum absolute atomic E-state index is 11.7. The molecule has 19 heavy (non-hydrogen) atoms. The molecule has 0 aromatic carbocycles. The molecule has 1 saturated carbocycles. The third-order valence-electron chi connectivity index (χ3n) is 3.19. The molecule has 5 nitrogen and oxygen atoms in total. The number of allylic oxidation sites excluding steroid dienone is 2. The molecule has 1 N–H and O–H groups in total. The van der Waals surface area contributed by atoms with E-state index in [-0.39, 0.29) is 47.6 Å². The van der Waals surface area contributed by atoms with Gasteiger partial charge in [0.15, 0.2) is 11.6 Å². The highest BCUT2D eigenvalue weighted by Crippen LogP contribution is 2.25. The van der Waals surface area contributed by atoms with Crippen molar-refractivity contribution in [3.8, 4) is 0 Å². The molecule has 0 spiro atoms. The Kier molecular flexibility index (Phi) is 5.73. The van der Waals surface area contributed by atoms with Gasteiger partial charge in [0.05, 0.1) is 12.7 Å². The second-order valence-corrected chi connectivity index (χ2v) is 4.96. The number of methoxy groups -OCH3 is 1. The first kappa shape index (κ1) is 15.4. The summed E-state index contributed by atoms with van der Waals surface area (Å²) in [7, 11) is 1.32. The van der Waals surface area contributed by atoms with E-state index in [1.807, 2.05) is 6.92 Å². The molecule has 0 amide bonds. The van der Waals surface area contributed by atoms with E-state index in [1.54, 1.807) is 0 Å². The van der Waals surface area contributed by atoms with Crippen LogP contribution in [-0.2, 0) is 19.1 Å². The van der Waals surface area contributed by atoms with Crippen molar-refractivity contribution in [3.05, 3.63) is 11.3 Å². The largest absolute Gasteiger partial charge is 0.511 e. The first-order valence-corrected chi connectivity index (χ1v) is 6.51. The van der Waals surface area contributed by atoms with Crippen LogP contribution in [0.3, 0.4) is 0 Å². The topological polar surface area (TPSA) is 80.7 Å². The monoisotopic (exact) mass is 268 g/mol. The van der Waals surface area contributed by atoms with Gasteiger partial charge in [-0.1, -0.05) is 6.92 Å². The maximum Gasteiger partial charge on any atom is 0.305 e. The van der Waals surface area contributed by atoms with Crippen molar-refractivity contribution >= 4 is 17.5 Å². The number of rotatable bonds is 5. The van der Waals surface area contributed by atoms with Gasteiger partial charge in [-0.25, -0.2) is 0 Å². The van der Waals surface area contributed by atoms with Crippen LogP contribution in [0.15, 0.2) is 11.3 Å². The Hall–Kier alpha value is -1.65. The number of hydrogen-bond acceptors (Lipinski definition) is 5. The van der Waals surface area contributed by atoms with Crippen molar-refractivity contribution in [1.29, 1.82) is 0 Å². The molecule has 0 bridgehead atoms. The summed E-state index contributed by atoms with van der Waals surface area (Å²) in [5.41, 5.74) is -0.0313. The number of esters is 1. The van der Waals surface area contributed by atoms with Crippen LogP contribution in [0.4, 0.5) is 0 Å². The van der Waals surface area contributed by atoms with Crippen LogP contribution < -0.4 is 0 Å². The van der Waals surface area contributed by atoms with Gasteiger partial charge in [-0.15, -0.1) is 0 Å². The van der Waals surface area contributed by atoms with Crippen LogP contribution in [-0.4, -0.2) is 29.8 Å². The Morgan fingerprint density at radius 1 is 1.21 bits per heavy atom. The highest BCUT2D eigenvalue weighted by Gasteiger charge is 2.30. The molecule has 0 atom stereocenters. The molecule has 0 unspecified atom stereocenters. The summed E-state index contributed by atoms with van der Waals surface area (Å²) in [5.74, 6) is -0.920. The number of aliphatic hydroxyl groups is 1. The fourth-order valence-electron chi connectivity index (χ4n) is 2.18. The molecule has 0 aromatic rings. The van der Waals surface area contributed by atoms with Crippen LogP contribution in [0, 0.1) is 5.92 Å². The normalized spacial score (nSPS) is 19.5. The molecule has 106 valence electrons. The summed E-state index contributed by atoms with van der Waals surface area (Å²) in [6.07, 6.45) is 2.25.